The summed E-state index contributed by atoms with van der Waals surface area (Å²) >= 11 is 0. The summed E-state index contributed by atoms with van der Waals surface area (Å²) in [5, 5.41) is 16.5. The fourth-order valence-electron chi connectivity index (χ4n) is 2.02. The lowest BCUT2D eigenvalue weighted by atomic mass is 10.1. The molecule has 20 heavy (non-hydrogen) atoms. The Bertz CT molecular complexity index is 586. The maximum absolute atomic E-state index is 8.95. The summed E-state index contributed by atoms with van der Waals surface area (Å²) in [5.41, 5.74) is 1.63. The summed E-state index contributed by atoms with van der Waals surface area (Å²) in [4.78, 5) is 0. The number of ether oxygens (including phenoxy) is 1. The Kier molecular flexibility index (Phi) is 4.75. The second-order valence-electron chi connectivity index (χ2n) is 4.65. The van der Waals surface area contributed by atoms with Gasteiger partial charge in [0.15, 0.2) is 0 Å². The lowest BCUT2D eigenvalue weighted by Crippen LogP contribution is -2.30. The van der Waals surface area contributed by atoms with Gasteiger partial charge in [-0.1, -0.05) is 0 Å². The van der Waals surface area contributed by atoms with Gasteiger partial charge in [-0.25, -0.2) is 0 Å². The van der Waals surface area contributed by atoms with E-state index >= 15 is 0 Å². The van der Waals surface area contributed by atoms with Crippen molar-refractivity contribution >= 4 is 0 Å². The summed E-state index contributed by atoms with van der Waals surface area (Å²) < 4.78 is 7.21. The van der Waals surface area contributed by atoms with Crippen LogP contribution in [0.5, 0.6) is 5.75 Å². The maximum atomic E-state index is 8.95. The smallest absolute Gasteiger partial charge is 0.123 e. The van der Waals surface area contributed by atoms with Crippen molar-refractivity contribution in [1.82, 2.24) is 15.1 Å². The number of hydrogen-bond donors (Lipinski definition) is 1. The molecule has 0 spiro atoms. The second kappa shape index (κ2) is 6.73. The Labute approximate surface area is 118 Å². The van der Waals surface area contributed by atoms with E-state index in [0.717, 1.165) is 17.9 Å². The molecule has 0 aliphatic rings. The average molecular weight is 270 g/mol. The Morgan fingerprint density at radius 3 is 3.00 bits per heavy atom. The van der Waals surface area contributed by atoms with Gasteiger partial charge < -0.3 is 10.1 Å². The first kappa shape index (κ1) is 14.1. The van der Waals surface area contributed by atoms with Crippen LogP contribution in [-0.4, -0.2) is 22.9 Å². The minimum Gasteiger partial charge on any atom is -0.496 e. The fraction of sp³-hybridized carbons (Fsp3) is 0.333. The number of rotatable bonds is 6. The topological polar surface area (TPSA) is 62.9 Å². The lowest BCUT2D eigenvalue weighted by molar-refractivity contribution is 0.401. The van der Waals surface area contributed by atoms with Crippen molar-refractivity contribution in [2.45, 2.75) is 26.1 Å². The summed E-state index contributed by atoms with van der Waals surface area (Å²) in [6.07, 6.45) is 3.71. The molecule has 1 N–H and O–H groups in total. The van der Waals surface area contributed by atoms with Gasteiger partial charge in [0.05, 0.1) is 25.3 Å². The number of aromatic nitrogens is 2. The standard InChI is InChI=1S/C15H18N4O/c1-12(11-19-7-3-6-18-19)17-10-14-8-13(9-16)4-5-15(14)20-2/h3-8,12,17H,10-11H2,1-2H3. The molecule has 104 valence electrons. The molecule has 1 heterocycles. The predicted molar refractivity (Wildman–Crippen MR) is 76.2 cm³/mol. The lowest BCUT2D eigenvalue weighted by Gasteiger charge is -2.15. The molecule has 0 amide bonds. The van der Waals surface area contributed by atoms with Crippen LogP contribution in [0.2, 0.25) is 0 Å². The largest absolute Gasteiger partial charge is 0.496 e. The zero-order chi connectivity index (χ0) is 14.4. The minimum absolute atomic E-state index is 0.269. The van der Waals surface area contributed by atoms with Gasteiger partial charge in [-0.05, 0) is 31.2 Å². The zero-order valence-electron chi connectivity index (χ0n) is 11.7. The fourth-order valence-corrected chi connectivity index (χ4v) is 2.02. The van der Waals surface area contributed by atoms with Crippen LogP contribution in [0.4, 0.5) is 0 Å². The Hall–Kier alpha value is -2.32. The minimum atomic E-state index is 0.269. The molecule has 5 heteroatoms. The van der Waals surface area contributed by atoms with E-state index in [1.807, 2.05) is 29.1 Å². The molecule has 0 fully saturated rings. The van der Waals surface area contributed by atoms with Crippen LogP contribution in [0, 0.1) is 11.3 Å². The van der Waals surface area contributed by atoms with Crippen LogP contribution in [0.15, 0.2) is 36.7 Å². The van der Waals surface area contributed by atoms with Crippen molar-refractivity contribution in [3.63, 3.8) is 0 Å². The Morgan fingerprint density at radius 1 is 1.50 bits per heavy atom. The van der Waals surface area contributed by atoms with Gasteiger partial charge in [-0.3, -0.25) is 4.68 Å². The average Bonchev–Trinajstić information content (AvgIpc) is 2.97. The normalized spacial score (nSPS) is 11.8. The third-order valence-corrected chi connectivity index (χ3v) is 3.07. The number of nitriles is 1. The van der Waals surface area contributed by atoms with Gasteiger partial charge >= 0.3 is 0 Å². The van der Waals surface area contributed by atoms with Crippen molar-refractivity contribution in [3.05, 3.63) is 47.8 Å². The van der Waals surface area contributed by atoms with Crippen molar-refractivity contribution in [2.75, 3.05) is 7.11 Å². The number of methoxy groups -OCH3 is 1. The highest BCUT2D eigenvalue weighted by Crippen LogP contribution is 2.19. The predicted octanol–water partition coefficient (Wildman–Crippen LogP) is 1.94. The second-order valence-corrected chi connectivity index (χ2v) is 4.65. The molecule has 0 saturated heterocycles. The molecule has 1 atom stereocenters. The molecule has 0 saturated carbocycles. The van der Waals surface area contributed by atoms with Crippen molar-refractivity contribution in [3.8, 4) is 11.8 Å². The monoisotopic (exact) mass is 270 g/mol. The highest BCUT2D eigenvalue weighted by molar-refractivity contribution is 5.41. The molecule has 2 aromatic rings. The molecule has 0 aliphatic carbocycles. The van der Waals surface area contributed by atoms with Gasteiger partial charge in [0.2, 0.25) is 0 Å². The molecule has 1 aromatic heterocycles. The van der Waals surface area contributed by atoms with E-state index in [4.69, 9.17) is 10.00 Å². The van der Waals surface area contributed by atoms with Crippen LogP contribution >= 0.6 is 0 Å². The first-order valence-electron chi connectivity index (χ1n) is 6.50. The quantitative estimate of drug-likeness (QED) is 0.871. The molecule has 0 aliphatic heterocycles. The van der Waals surface area contributed by atoms with E-state index in [0.29, 0.717) is 12.1 Å². The van der Waals surface area contributed by atoms with Gasteiger partial charge in [0, 0.05) is 30.5 Å². The van der Waals surface area contributed by atoms with Crippen LogP contribution in [0.3, 0.4) is 0 Å². The van der Waals surface area contributed by atoms with Crippen LogP contribution in [-0.2, 0) is 13.1 Å². The van der Waals surface area contributed by atoms with Crippen molar-refractivity contribution in [2.24, 2.45) is 0 Å². The molecule has 1 aromatic carbocycles. The van der Waals surface area contributed by atoms with E-state index in [9.17, 15) is 0 Å². The molecule has 1 unspecified atom stereocenters. The van der Waals surface area contributed by atoms with Gasteiger partial charge in [0.25, 0.3) is 0 Å². The number of nitrogens with one attached hydrogen (secondary N) is 1. The number of nitrogens with zero attached hydrogens (tertiary/aromatic N) is 3. The highest BCUT2D eigenvalue weighted by Gasteiger charge is 2.07. The molecular formula is C15H18N4O. The van der Waals surface area contributed by atoms with Gasteiger partial charge in [-0.2, -0.15) is 10.4 Å². The molecule has 2 rings (SSSR count). The highest BCUT2D eigenvalue weighted by atomic mass is 16.5. The third kappa shape index (κ3) is 3.59. The van der Waals surface area contributed by atoms with E-state index < -0.39 is 0 Å². The third-order valence-electron chi connectivity index (χ3n) is 3.07. The van der Waals surface area contributed by atoms with Crippen LogP contribution in [0.1, 0.15) is 18.1 Å². The maximum Gasteiger partial charge on any atom is 0.123 e. The Morgan fingerprint density at radius 2 is 2.35 bits per heavy atom. The summed E-state index contributed by atoms with van der Waals surface area (Å²) in [6, 6.07) is 9.76. The molecule has 5 nitrogen and oxygen atoms in total. The van der Waals surface area contributed by atoms with Crippen molar-refractivity contribution < 1.29 is 4.74 Å². The van der Waals surface area contributed by atoms with Gasteiger partial charge in [0.1, 0.15) is 5.75 Å². The Balaban J connectivity index is 1.97. The van der Waals surface area contributed by atoms with Crippen LogP contribution in [0.25, 0.3) is 0 Å². The van der Waals surface area contributed by atoms with E-state index in [2.05, 4.69) is 23.4 Å². The van der Waals surface area contributed by atoms with E-state index in [-0.39, 0.29) is 6.04 Å². The number of hydrogen-bond acceptors (Lipinski definition) is 4. The van der Waals surface area contributed by atoms with Gasteiger partial charge in [-0.15, -0.1) is 0 Å². The molecule has 0 radical (unpaired) electrons. The summed E-state index contributed by atoms with van der Waals surface area (Å²) in [6.45, 7) is 3.55. The molecule has 0 bridgehead atoms. The SMILES string of the molecule is COc1ccc(C#N)cc1CNC(C)Cn1cccn1. The zero-order valence-corrected chi connectivity index (χ0v) is 11.7. The van der Waals surface area contributed by atoms with Crippen LogP contribution < -0.4 is 10.1 Å². The van der Waals surface area contributed by atoms with E-state index in [1.165, 1.54) is 0 Å². The van der Waals surface area contributed by atoms with E-state index in [1.54, 1.807) is 19.4 Å². The summed E-state index contributed by atoms with van der Waals surface area (Å²) in [7, 11) is 1.64. The summed E-state index contributed by atoms with van der Waals surface area (Å²) in [5.74, 6) is 0.794. The molecular weight excluding hydrogens is 252 g/mol. The first-order valence-corrected chi connectivity index (χ1v) is 6.50. The first-order chi connectivity index (χ1) is 9.72. The number of benzene rings is 1. The van der Waals surface area contributed by atoms with Crippen molar-refractivity contribution in [1.29, 1.82) is 5.26 Å².